The van der Waals surface area contributed by atoms with Gasteiger partial charge in [0.25, 0.3) is 17.7 Å². The molecule has 4 aromatic rings. The van der Waals surface area contributed by atoms with E-state index in [4.69, 9.17) is 4.84 Å². The van der Waals surface area contributed by atoms with Crippen molar-refractivity contribution in [1.29, 1.82) is 0 Å². The van der Waals surface area contributed by atoms with Crippen LogP contribution in [0.15, 0.2) is 103 Å². The molecule has 0 radical (unpaired) electrons. The quantitative estimate of drug-likeness (QED) is 0.253. The predicted molar refractivity (Wildman–Crippen MR) is 144 cm³/mol. The average molecular weight is 538 g/mol. The molecule has 1 aliphatic rings. The lowest BCUT2D eigenvalue weighted by atomic mass is 9.88. The fraction of sp³-hybridized carbons (Fsp3) is 0.0968. The number of nitrogens with zero attached hydrogens (tertiary/aromatic N) is 1. The van der Waals surface area contributed by atoms with E-state index in [9.17, 15) is 23.6 Å². The first-order valence-corrected chi connectivity index (χ1v) is 12.5. The number of amides is 4. The predicted octanol–water partition coefficient (Wildman–Crippen LogP) is 4.59. The molecule has 1 heterocycles. The molecule has 0 spiro atoms. The second-order valence-corrected chi connectivity index (χ2v) is 9.10. The van der Waals surface area contributed by atoms with Crippen LogP contribution < -0.4 is 10.6 Å². The molecule has 0 saturated heterocycles. The molecule has 1 aliphatic heterocycles. The SMILES string of the molecule is O=C(Nc1ccc2c(c1)C(=O)N(OCc1ccccc1)C(=O)C2C(=O)NCc1ccc(F)cc1)c1ccccc1. The first-order chi connectivity index (χ1) is 19.4. The summed E-state index contributed by atoms with van der Waals surface area (Å²) in [5.41, 5.74) is 2.31. The summed E-state index contributed by atoms with van der Waals surface area (Å²) in [6.07, 6.45) is 0. The Morgan fingerprint density at radius 2 is 1.50 bits per heavy atom. The van der Waals surface area contributed by atoms with Crippen LogP contribution in [0.1, 0.15) is 43.3 Å². The van der Waals surface area contributed by atoms with Gasteiger partial charge in [-0.2, -0.15) is 0 Å². The largest absolute Gasteiger partial charge is 0.351 e. The average Bonchev–Trinajstić information content (AvgIpc) is 2.98. The summed E-state index contributed by atoms with van der Waals surface area (Å²) in [5.74, 6) is -4.43. The highest BCUT2D eigenvalue weighted by molar-refractivity contribution is 6.18. The summed E-state index contributed by atoms with van der Waals surface area (Å²) in [6, 6.07) is 27.5. The summed E-state index contributed by atoms with van der Waals surface area (Å²) in [6.45, 7) is -0.0374. The molecule has 1 atom stereocenters. The topological polar surface area (TPSA) is 105 Å². The molecule has 40 heavy (non-hydrogen) atoms. The van der Waals surface area contributed by atoms with E-state index in [1.54, 1.807) is 54.6 Å². The summed E-state index contributed by atoms with van der Waals surface area (Å²) >= 11 is 0. The van der Waals surface area contributed by atoms with Gasteiger partial charge in [-0.15, -0.1) is 5.06 Å². The number of anilines is 1. The van der Waals surface area contributed by atoms with Crippen molar-refractivity contribution in [3.8, 4) is 0 Å². The molecular weight excluding hydrogens is 513 g/mol. The number of benzene rings is 4. The van der Waals surface area contributed by atoms with Gasteiger partial charge in [-0.1, -0.05) is 66.7 Å². The number of rotatable bonds is 8. The Balaban J connectivity index is 1.43. The third-order valence-corrected chi connectivity index (χ3v) is 6.37. The van der Waals surface area contributed by atoms with Crippen molar-refractivity contribution in [2.45, 2.75) is 19.1 Å². The zero-order chi connectivity index (χ0) is 28.1. The van der Waals surface area contributed by atoms with Crippen LogP contribution in [-0.4, -0.2) is 28.7 Å². The highest BCUT2D eigenvalue weighted by Gasteiger charge is 2.44. The fourth-order valence-corrected chi connectivity index (χ4v) is 4.31. The molecule has 9 heteroatoms. The minimum atomic E-state index is -1.39. The van der Waals surface area contributed by atoms with Crippen LogP contribution in [0.4, 0.5) is 10.1 Å². The van der Waals surface area contributed by atoms with E-state index in [2.05, 4.69) is 10.6 Å². The Labute approximate surface area is 229 Å². The molecule has 0 saturated carbocycles. The zero-order valence-corrected chi connectivity index (χ0v) is 21.2. The summed E-state index contributed by atoms with van der Waals surface area (Å²) in [7, 11) is 0. The van der Waals surface area contributed by atoms with Crippen LogP contribution in [0.5, 0.6) is 0 Å². The molecule has 200 valence electrons. The second-order valence-electron chi connectivity index (χ2n) is 9.10. The van der Waals surface area contributed by atoms with Gasteiger partial charge in [0.15, 0.2) is 0 Å². The molecule has 1 unspecified atom stereocenters. The molecule has 0 fully saturated rings. The zero-order valence-electron chi connectivity index (χ0n) is 21.2. The van der Waals surface area contributed by atoms with Crippen molar-refractivity contribution in [1.82, 2.24) is 10.4 Å². The molecule has 2 N–H and O–H groups in total. The number of imide groups is 1. The number of hydrogen-bond donors (Lipinski definition) is 2. The van der Waals surface area contributed by atoms with E-state index in [0.717, 1.165) is 5.56 Å². The molecule has 0 aromatic heterocycles. The Hall–Kier alpha value is -5.15. The monoisotopic (exact) mass is 537 g/mol. The van der Waals surface area contributed by atoms with Gasteiger partial charge in [-0.25, -0.2) is 4.39 Å². The number of hydrogen-bond acceptors (Lipinski definition) is 5. The third-order valence-electron chi connectivity index (χ3n) is 6.37. The van der Waals surface area contributed by atoms with Crippen LogP contribution in [0, 0.1) is 5.82 Å². The molecule has 4 aromatic carbocycles. The van der Waals surface area contributed by atoms with E-state index in [1.807, 2.05) is 6.07 Å². The number of carbonyl (C=O) groups excluding carboxylic acids is 4. The normalized spacial score (nSPS) is 14.4. The first-order valence-electron chi connectivity index (χ1n) is 12.5. The van der Waals surface area contributed by atoms with Crippen molar-refractivity contribution >= 4 is 29.3 Å². The van der Waals surface area contributed by atoms with Gasteiger partial charge >= 0.3 is 0 Å². The minimum absolute atomic E-state index is 0.0421. The van der Waals surface area contributed by atoms with Crippen molar-refractivity contribution in [2.75, 3.05) is 5.32 Å². The van der Waals surface area contributed by atoms with E-state index < -0.39 is 29.5 Å². The Kier molecular flexibility index (Phi) is 7.75. The lowest BCUT2D eigenvalue weighted by Crippen LogP contribution is -2.49. The smallest absolute Gasteiger partial charge is 0.285 e. The Morgan fingerprint density at radius 3 is 2.20 bits per heavy atom. The minimum Gasteiger partial charge on any atom is -0.351 e. The molecular formula is C31H24FN3O5. The van der Waals surface area contributed by atoms with E-state index in [1.165, 1.54) is 42.5 Å². The van der Waals surface area contributed by atoms with Gasteiger partial charge in [0.2, 0.25) is 5.91 Å². The van der Waals surface area contributed by atoms with Gasteiger partial charge in [0.05, 0.1) is 0 Å². The van der Waals surface area contributed by atoms with E-state index in [-0.39, 0.29) is 30.2 Å². The van der Waals surface area contributed by atoms with Crippen LogP contribution in [-0.2, 0) is 27.6 Å². The molecule has 5 rings (SSSR count). The van der Waals surface area contributed by atoms with Crippen LogP contribution in [0.2, 0.25) is 0 Å². The fourth-order valence-electron chi connectivity index (χ4n) is 4.31. The summed E-state index contributed by atoms with van der Waals surface area (Å²) in [5, 5.41) is 6.03. The van der Waals surface area contributed by atoms with Crippen LogP contribution >= 0.6 is 0 Å². The van der Waals surface area contributed by atoms with Crippen LogP contribution in [0.25, 0.3) is 0 Å². The van der Waals surface area contributed by atoms with Gasteiger partial charge in [0.1, 0.15) is 18.3 Å². The van der Waals surface area contributed by atoms with Gasteiger partial charge in [-0.3, -0.25) is 24.0 Å². The number of halogens is 1. The molecule has 0 aliphatic carbocycles. The maximum Gasteiger partial charge on any atom is 0.285 e. The number of hydroxylamine groups is 2. The van der Waals surface area contributed by atoms with Crippen molar-refractivity contribution in [3.63, 3.8) is 0 Å². The number of fused-ring (bicyclic) bond motifs is 1. The molecule has 0 bridgehead atoms. The Bertz CT molecular complexity index is 1560. The first kappa shape index (κ1) is 26.5. The van der Waals surface area contributed by atoms with Crippen molar-refractivity contribution in [3.05, 3.63) is 137 Å². The standard InChI is InChI=1S/C31H24FN3O5/c32-23-13-11-20(12-14-23)18-33-29(37)27-25-16-15-24(34-28(36)22-9-5-2-6-10-22)17-26(25)30(38)35(31(27)39)40-19-21-7-3-1-4-8-21/h1-17,27H,18-19H2,(H,33,37)(H,34,36). The van der Waals surface area contributed by atoms with Gasteiger partial charge in [0, 0.05) is 23.4 Å². The lowest BCUT2D eigenvalue weighted by Gasteiger charge is -2.31. The van der Waals surface area contributed by atoms with E-state index in [0.29, 0.717) is 21.9 Å². The molecule has 4 amide bonds. The summed E-state index contributed by atoms with van der Waals surface area (Å²) < 4.78 is 13.3. The lowest BCUT2D eigenvalue weighted by molar-refractivity contribution is -0.177. The van der Waals surface area contributed by atoms with Gasteiger partial charge in [-0.05, 0) is 53.1 Å². The maximum absolute atomic E-state index is 13.5. The van der Waals surface area contributed by atoms with Crippen molar-refractivity contribution < 1.29 is 28.4 Å². The number of nitrogens with one attached hydrogen (secondary N) is 2. The summed E-state index contributed by atoms with van der Waals surface area (Å²) in [4.78, 5) is 58.5. The number of carbonyl (C=O) groups is 4. The third kappa shape index (κ3) is 5.79. The van der Waals surface area contributed by atoms with E-state index >= 15 is 0 Å². The van der Waals surface area contributed by atoms with Crippen molar-refractivity contribution in [2.24, 2.45) is 0 Å². The highest BCUT2D eigenvalue weighted by atomic mass is 19.1. The maximum atomic E-state index is 13.5. The van der Waals surface area contributed by atoms with Gasteiger partial charge < -0.3 is 10.6 Å². The molecule has 8 nitrogen and oxygen atoms in total. The highest BCUT2D eigenvalue weighted by Crippen LogP contribution is 2.32. The second kappa shape index (κ2) is 11.7. The van der Waals surface area contributed by atoms with Crippen LogP contribution in [0.3, 0.4) is 0 Å². The Morgan fingerprint density at radius 1 is 0.825 bits per heavy atom.